The third-order valence-electron chi connectivity index (χ3n) is 3.48. The fraction of sp³-hybridized carbons (Fsp3) is 0.222. The van der Waals surface area contributed by atoms with Crippen molar-refractivity contribution in [1.82, 2.24) is 5.32 Å². The molecule has 1 atom stereocenters. The van der Waals surface area contributed by atoms with E-state index in [9.17, 15) is 9.59 Å². The van der Waals surface area contributed by atoms with Crippen LogP contribution in [0.3, 0.4) is 0 Å². The molecule has 0 aliphatic heterocycles. The predicted molar refractivity (Wildman–Crippen MR) is 85.7 cm³/mol. The van der Waals surface area contributed by atoms with Gasteiger partial charge in [-0.05, 0) is 29.7 Å². The zero-order chi connectivity index (χ0) is 15.9. The highest BCUT2D eigenvalue weighted by Crippen LogP contribution is 2.20. The van der Waals surface area contributed by atoms with Crippen molar-refractivity contribution in [2.75, 3.05) is 0 Å². The standard InChI is InChI=1S/C18H19NO3/c1-2-16(12-17(20)21)19-18(22)15-10-6-9-14(11-15)13-7-4-3-5-8-13/h3-11,16H,2,12H2,1H3,(H,19,22)(H,20,21)/t16-/m0/s1. The molecule has 0 saturated heterocycles. The van der Waals surface area contributed by atoms with Crippen LogP contribution >= 0.6 is 0 Å². The lowest BCUT2D eigenvalue weighted by molar-refractivity contribution is -0.137. The summed E-state index contributed by atoms with van der Waals surface area (Å²) < 4.78 is 0. The summed E-state index contributed by atoms with van der Waals surface area (Å²) in [5.74, 6) is -1.16. The molecule has 0 bridgehead atoms. The fourth-order valence-corrected chi connectivity index (χ4v) is 2.25. The van der Waals surface area contributed by atoms with Gasteiger partial charge in [0.25, 0.3) is 5.91 Å². The maximum Gasteiger partial charge on any atom is 0.305 e. The highest BCUT2D eigenvalue weighted by Gasteiger charge is 2.15. The maximum absolute atomic E-state index is 12.3. The molecule has 0 fully saturated rings. The molecule has 0 radical (unpaired) electrons. The highest BCUT2D eigenvalue weighted by molar-refractivity contribution is 5.95. The second kappa shape index (κ2) is 7.41. The van der Waals surface area contributed by atoms with Crippen LogP contribution in [0.1, 0.15) is 30.1 Å². The van der Waals surface area contributed by atoms with E-state index in [2.05, 4.69) is 5.32 Å². The third-order valence-corrected chi connectivity index (χ3v) is 3.48. The van der Waals surface area contributed by atoms with E-state index in [1.165, 1.54) is 0 Å². The van der Waals surface area contributed by atoms with Gasteiger partial charge in [0.05, 0.1) is 6.42 Å². The second-order valence-corrected chi connectivity index (χ2v) is 5.12. The highest BCUT2D eigenvalue weighted by atomic mass is 16.4. The number of rotatable bonds is 6. The summed E-state index contributed by atoms with van der Waals surface area (Å²) in [6, 6.07) is 16.8. The first-order valence-electron chi connectivity index (χ1n) is 7.28. The molecule has 0 spiro atoms. The molecule has 0 aliphatic carbocycles. The largest absolute Gasteiger partial charge is 0.481 e. The number of carboxylic acid groups (broad SMARTS) is 1. The lowest BCUT2D eigenvalue weighted by Crippen LogP contribution is -2.36. The van der Waals surface area contributed by atoms with Crippen LogP contribution in [-0.4, -0.2) is 23.0 Å². The van der Waals surface area contributed by atoms with Gasteiger partial charge in [-0.3, -0.25) is 9.59 Å². The number of hydrogen-bond donors (Lipinski definition) is 2. The Bertz CT molecular complexity index is 652. The average Bonchev–Trinajstić information content (AvgIpc) is 2.54. The molecule has 4 nitrogen and oxygen atoms in total. The van der Waals surface area contributed by atoms with Crippen molar-refractivity contribution in [2.24, 2.45) is 0 Å². The number of nitrogens with one attached hydrogen (secondary N) is 1. The summed E-state index contributed by atoms with van der Waals surface area (Å²) in [7, 11) is 0. The normalized spacial score (nSPS) is 11.7. The molecule has 0 saturated carbocycles. The minimum atomic E-state index is -0.912. The lowest BCUT2D eigenvalue weighted by Gasteiger charge is -2.15. The molecule has 4 heteroatoms. The minimum absolute atomic E-state index is 0.0688. The van der Waals surface area contributed by atoms with Crippen molar-refractivity contribution >= 4 is 11.9 Å². The Morgan fingerprint density at radius 3 is 2.36 bits per heavy atom. The van der Waals surface area contributed by atoms with Crippen molar-refractivity contribution in [2.45, 2.75) is 25.8 Å². The van der Waals surface area contributed by atoms with Crippen LogP contribution in [0.4, 0.5) is 0 Å². The van der Waals surface area contributed by atoms with Gasteiger partial charge in [0.2, 0.25) is 0 Å². The Morgan fingerprint density at radius 2 is 1.73 bits per heavy atom. The van der Waals surface area contributed by atoms with E-state index in [-0.39, 0.29) is 18.4 Å². The SMILES string of the molecule is CC[C@@H](CC(=O)O)NC(=O)c1cccc(-c2ccccc2)c1. The molecule has 2 aromatic rings. The zero-order valence-corrected chi connectivity index (χ0v) is 12.5. The van der Waals surface area contributed by atoms with Gasteiger partial charge >= 0.3 is 5.97 Å². The van der Waals surface area contributed by atoms with E-state index < -0.39 is 5.97 Å². The van der Waals surface area contributed by atoms with Crippen LogP contribution in [0.25, 0.3) is 11.1 Å². The van der Waals surface area contributed by atoms with Crippen LogP contribution in [0.15, 0.2) is 54.6 Å². The smallest absolute Gasteiger partial charge is 0.305 e. The van der Waals surface area contributed by atoms with E-state index in [4.69, 9.17) is 5.11 Å². The Labute approximate surface area is 129 Å². The number of amides is 1. The molecule has 0 heterocycles. The number of aliphatic carboxylic acids is 1. The van der Waals surface area contributed by atoms with E-state index in [1.54, 1.807) is 6.07 Å². The summed E-state index contributed by atoms with van der Waals surface area (Å²) >= 11 is 0. The summed E-state index contributed by atoms with van der Waals surface area (Å²) in [6.07, 6.45) is 0.511. The summed E-state index contributed by atoms with van der Waals surface area (Å²) in [5, 5.41) is 11.6. The van der Waals surface area contributed by atoms with Crippen molar-refractivity contribution in [3.8, 4) is 11.1 Å². The predicted octanol–water partition coefficient (Wildman–Crippen LogP) is 3.34. The number of hydrogen-bond acceptors (Lipinski definition) is 2. The van der Waals surface area contributed by atoms with Crippen molar-refractivity contribution in [3.05, 3.63) is 60.2 Å². The molecule has 22 heavy (non-hydrogen) atoms. The number of carboxylic acids is 1. The molecule has 0 aromatic heterocycles. The molecular formula is C18H19NO3. The van der Waals surface area contributed by atoms with Crippen molar-refractivity contribution in [1.29, 1.82) is 0 Å². The van der Waals surface area contributed by atoms with Crippen LogP contribution in [0, 0.1) is 0 Å². The summed E-state index contributed by atoms with van der Waals surface area (Å²) in [6.45, 7) is 1.86. The fourth-order valence-electron chi connectivity index (χ4n) is 2.25. The molecule has 1 amide bonds. The van der Waals surface area contributed by atoms with Crippen LogP contribution < -0.4 is 5.32 Å². The Hall–Kier alpha value is -2.62. The second-order valence-electron chi connectivity index (χ2n) is 5.12. The van der Waals surface area contributed by atoms with E-state index in [0.29, 0.717) is 12.0 Å². The molecule has 2 rings (SSSR count). The van der Waals surface area contributed by atoms with E-state index >= 15 is 0 Å². The first kappa shape index (κ1) is 15.8. The molecule has 0 aliphatic rings. The van der Waals surface area contributed by atoms with E-state index in [0.717, 1.165) is 11.1 Å². The first-order valence-corrected chi connectivity index (χ1v) is 7.28. The number of carbonyl (C=O) groups excluding carboxylic acids is 1. The van der Waals surface area contributed by atoms with Gasteiger partial charge in [-0.25, -0.2) is 0 Å². The quantitative estimate of drug-likeness (QED) is 0.859. The molecule has 114 valence electrons. The Balaban J connectivity index is 2.15. The van der Waals surface area contributed by atoms with Gasteiger partial charge in [0.15, 0.2) is 0 Å². The average molecular weight is 297 g/mol. The van der Waals surface area contributed by atoms with Crippen LogP contribution in [-0.2, 0) is 4.79 Å². The molecule has 2 aromatic carbocycles. The monoisotopic (exact) mass is 297 g/mol. The first-order chi connectivity index (χ1) is 10.6. The number of benzene rings is 2. The molecular weight excluding hydrogens is 278 g/mol. The van der Waals surface area contributed by atoms with Gasteiger partial charge in [0, 0.05) is 11.6 Å². The van der Waals surface area contributed by atoms with Crippen LogP contribution in [0.5, 0.6) is 0 Å². The zero-order valence-electron chi connectivity index (χ0n) is 12.5. The maximum atomic E-state index is 12.3. The van der Waals surface area contributed by atoms with Gasteiger partial charge in [-0.2, -0.15) is 0 Å². The van der Waals surface area contributed by atoms with Gasteiger partial charge < -0.3 is 10.4 Å². The van der Waals surface area contributed by atoms with Gasteiger partial charge in [-0.15, -0.1) is 0 Å². The lowest BCUT2D eigenvalue weighted by atomic mass is 10.0. The van der Waals surface area contributed by atoms with Crippen molar-refractivity contribution in [3.63, 3.8) is 0 Å². The van der Waals surface area contributed by atoms with Gasteiger partial charge in [0.1, 0.15) is 0 Å². The third kappa shape index (κ3) is 4.19. The molecule has 2 N–H and O–H groups in total. The Kier molecular flexibility index (Phi) is 5.31. The summed E-state index contributed by atoms with van der Waals surface area (Å²) in [4.78, 5) is 23.0. The summed E-state index contributed by atoms with van der Waals surface area (Å²) in [5.41, 5.74) is 2.53. The van der Waals surface area contributed by atoms with Crippen molar-refractivity contribution < 1.29 is 14.7 Å². The number of carbonyl (C=O) groups is 2. The minimum Gasteiger partial charge on any atom is -0.481 e. The molecule has 0 unspecified atom stereocenters. The topological polar surface area (TPSA) is 66.4 Å². The Morgan fingerprint density at radius 1 is 1.05 bits per heavy atom. The van der Waals surface area contributed by atoms with Crippen LogP contribution in [0.2, 0.25) is 0 Å². The van der Waals surface area contributed by atoms with E-state index in [1.807, 2.05) is 55.5 Å². The van der Waals surface area contributed by atoms with Gasteiger partial charge in [-0.1, -0.05) is 49.4 Å².